The highest BCUT2D eigenvalue weighted by Gasteiger charge is 2.37. The molecule has 2 aromatic carbocycles. The zero-order valence-corrected chi connectivity index (χ0v) is 18.7. The Morgan fingerprint density at radius 2 is 1.84 bits per heavy atom. The van der Waals surface area contributed by atoms with Gasteiger partial charge in [0, 0.05) is 24.7 Å². The Kier molecular flexibility index (Phi) is 5.41. The Bertz CT molecular complexity index is 1260. The van der Waals surface area contributed by atoms with E-state index in [1.54, 1.807) is 6.92 Å². The molecule has 0 bridgehead atoms. The minimum Gasteiger partial charge on any atom is -0.389 e. The number of benzene rings is 2. The van der Waals surface area contributed by atoms with Gasteiger partial charge >= 0.3 is 0 Å². The molecule has 31 heavy (non-hydrogen) atoms. The Hall–Kier alpha value is -2.67. The quantitative estimate of drug-likeness (QED) is 0.629. The maximum absolute atomic E-state index is 13.0. The number of hydrogen-bond acceptors (Lipinski definition) is 5. The Morgan fingerprint density at radius 3 is 2.52 bits per heavy atom. The molecular weight excluding hydrogens is 414 g/mol. The number of likely N-dealkylation sites (N-methyl/N-ethyl adjacent to an activating group) is 1. The third kappa shape index (κ3) is 3.26. The summed E-state index contributed by atoms with van der Waals surface area (Å²) in [6.45, 7) is 3.97. The van der Waals surface area contributed by atoms with Gasteiger partial charge in [0.05, 0.1) is 41.5 Å². The van der Waals surface area contributed by atoms with E-state index < -0.39 is 6.10 Å². The molecule has 1 aliphatic heterocycles. The Morgan fingerprint density at radius 1 is 1.13 bits per heavy atom. The lowest BCUT2D eigenvalue weighted by atomic mass is 9.87. The normalized spacial score (nSPS) is 16.5. The van der Waals surface area contributed by atoms with Gasteiger partial charge in [0.2, 0.25) is 0 Å². The second kappa shape index (κ2) is 7.79. The van der Waals surface area contributed by atoms with E-state index in [-0.39, 0.29) is 30.4 Å². The van der Waals surface area contributed by atoms with E-state index in [4.69, 9.17) is 0 Å². The number of carbonyl (C=O) groups excluding carboxylic acids is 2. The van der Waals surface area contributed by atoms with Gasteiger partial charge in [0.1, 0.15) is 0 Å². The molecule has 0 spiro atoms. The first kappa shape index (κ1) is 21.6. The summed E-state index contributed by atoms with van der Waals surface area (Å²) in [7, 11) is 4.05. The zero-order valence-electron chi connectivity index (χ0n) is 17.9. The molecule has 5 rings (SSSR count). The van der Waals surface area contributed by atoms with Crippen molar-refractivity contribution in [1.29, 1.82) is 0 Å². The van der Waals surface area contributed by atoms with Crippen molar-refractivity contribution < 1.29 is 14.7 Å². The monoisotopic (exact) mass is 439 g/mol. The summed E-state index contributed by atoms with van der Waals surface area (Å²) in [6.07, 6.45) is 1.19. The topological polar surface area (TPSA) is 65.8 Å². The van der Waals surface area contributed by atoms with Crippen molar-refractivity contribution in [3.8, 4) is 0 Å². The molecule has 0 saturated carbocycles. The third-order valence-electron chi connectivity index (χ3n) is 6.18. The number of carbonyl (C=O) groups is 2. The number of aliphatic hydroxyl groups is 1. The van der Waals surface area contributed by atoms with Gasteiger partial charge < -0.3 is 19.5 Å². The molecule has 6 nitrogen and oxygen atoms in total. The number of hydrogen-bond donors (Lipinski definition) is 1. The largest absolute Gasteiger partial charge is 0.389 e. The first-order chi connectivity index (χ1) is 14.4. The van der Waals surface area contributed by atoms with Crippen LogP contribution in [0.2, 0.25) is 0 Å². The average molecular weight is 440 g/mol. The molecule has 0 radical (unpaired) electrons. The Labute approximate surface area is 187 Å². The molecule has 7 heteroatoms. The summed E-state index contributed by atoms with van der Waals surface area (Å²) in [5.74, 6) is -0.237. The standard InChI is InChI=1S/C24H25N3O3.ClH/c1-14(28)17-10-19-22(16-7-5-4-6-15(16)17)23-21(30)11-20(29)18-12-26(9-8-25(2)3)13-27(19)24(18)23;/h4-7,10,12,14,28H,8-9,11,13H2,1-3H3;1H. The molecule has 1 unspecified atom stereocenters. The molecule has 0 fully saturated rings. The highest BCUT2D eigenvalue weighted by Crippen LogP contribution is 2.43. The van der Waals surface area contributed by atoms with Crippen molar-refractivity contribution in [2.75, 3.05) is 27.2 Å². The number of halogens is 1. The van der Waals surface area contributed by atoms with Crippen LogP contribution in [-0.2, 0) is 11.5 Å². The molecule has 1 aliphatic carbocycles. The minimum atomic E-state index is -0.639. The summed E-state index contributed by atoms with van der Waals surface area (Å²) < 4.78 is 2.09. The van der Waals surface area contributed by atoms with Gasteiger partial charge in [0.15, 0.2) is 11.6 Å². The first-order valence-corrected chi connectivity index (χ1v) is 10.3. The maximum atomic E-state index is 13.0. The molecule has 2 aliphatic rings. The lowest BCUT2D eigenvalue weighted by molar-refractivity contribution is -0.113. The van der Waals surface area contributed by atoms with Crippen LogP contribution in [0.25, 0.3) is 27.2 Å². The van der Waals surface area contributed by atoms with E-state index in [0.29, 0.717) is 17.8 Å². The highest BCUT2D eigenvalue weighted by atomic mass is 35.5. The van der Waals surface area contributed by atoms with Crippen molar-refractivity contribution in [2.45, 2.75) is 26.1 Å². The second-order valence-electron chi connectivity index (χ2n) is 8.56. The zero-order chi connectivity index (χ0) is 21.2. The fourth-order valence-electron chi connectivity index (χ4n) is 4.74. The van der Waals surface area contributed by atoms with Crippen molar-refractivity contribution in [3.05, 3.63) is 53.4 Å². The van der Waals surface area contributed by atoms with E-state index in [2.05, 4.69) is 14.4 Å². The molecule has 1 aromatic heterocycles. The van der Waals surface area contributed by atoms with Crippen LogP contribution in [0.4, 0.5) is 0 Å². The van der Waals surface area contributed by atoms with Crippen LogP contribution < -0.4 is 0 Å². The van der Waals surface area contributed by atoms with Gasteiger partial charge in [-0.25, -0.2) is 0 Å². The van der Waals surface area contributed by atoms with Crippen molar-refractivity contribution >= 4 is 51.2 Å². The predicted octanol–water partition coefficient (Wildman–Crippen LogP) is 3.60. The lowest BCUT2D eigenvalue weighted by Crippen LogP contribution is -2.35. The van der Waals surface area contributed by atoms with Gasteiger partial charge in [-0.3, -0.25) is 9.59 Å². The van der Waals surface area contributed by atoms with Crippen LogP contribution in [-0.4, -0.2) is 58.2 Å². The van der Waals surface area contributed by atoms with Gasteiger partial charge in [-0.15, -0.1) is 12.4 Å². The molecular formula is C24H26ClN3O3. The molecule has 162 valence electrons. The van der Waals surface area contributed by atoms with Crippen LogP contribution in [0.5, 0.6) is 0 Å². The highest BCUT2D eigenvalue weighted by molar-refractivity contribution is 6.37. The summed E-state index contributed by atoms with van der Waals surface area (Å²) >= 11 is 0. The van der Waals surface area contributed by atoms with Gasteiger partial charge in [-0.1, -0.05) is 24.3 Å². The van der Waals surface area contributed by atoms with E-state index >= 15 is 0 Å². The van der Waals surface area contributed by atoms with Crippen LogP contribution in [0.3, 0.4) is 0 Å². The van der Waals surface area contributed by atoms with Crippen LogP contribution in [0, 0.1) is 0 Å². The SMILES string of the molecule is CC(O)c1cc2c(c3c4n2CN(CCN(C)C)C=C4C(=O)CC3=O)c2ccccc12.Cl. The fourth-order valence-corrected chi connectivity index (χ4v) is 4.74. The van der Waals surface area contributed by atoms with Gasteiger partial charge in [0.25, 0.3) is 0 Å². The maximum Gasteiger partial charge on any atom is 0.174 e. The lowest BCUT2D eigenvalue weighted by Gasteiger charge is -2.31. The minimum absolute atomic E-state index is 0. The molecule has 2 heterocycles. The molecule has 1 atom stereocenters. The van der Waals surface area contributed by atoms with Crippen LogP contribution >= 0.6 is 12.4 Å². The van der Waals surface area contributed by atoms with Crippen LogP contribution in [0.15, 0.2) is 36.5 Å². The van der Waals surface area contributed by atoms with Crippen molar-refractivity contribution in [2.24, 2.45) is 0 Å². The van der Waals surface area contributed by atoms with Crippen molar-refractivity contribution in [3.63, 3.8) is 0 Å². The summed E-state index contributed by atoms with van der Waals surface area (Å²) in [4.78, 5) is 30.1. The van der Waals surface area contributed by atoms with Crippen LogP contribution in [0.1, 0.15) is 41.1 Å². The number of fused-ring (bicyclic) bond motifs is 5. The molecule has 0 saturated heterocycles. The third-order valence-corrected chi connectivity index (χ3v) is 6.18. The molecule has 0 amide bonds. The number of aliphatic hydroxyl groups excluding tert-OH is 1. The van der Waals surface area contributed by atoms with E-state index in [1.807, 2.05) is 50.6 Å². The van der Waals surface area contributed by atoms with Gasteiger partial charge in [-0.2, -0.15) is 0 Å². The summed E-state index contributed by atoms with van der Waals surface area (Å²) in [5.41, 5.74) is 3.74. The molecule has 1 N–H and O–H groups in total. The first-order valence-electron chi connectivity index (χ1n) is 10.3. The number of nitrogens with zero attached hydrogens (tertiary/aromatic N) is 3. The number of aromatic nitrogens is 1. The van der Waals surface area contributed by atoms with E-state index in [9.17, 15) is 14.7 Å². The van der Waals surface area contributed by atoms with Gasteiger partial charge in [-0.05, 0) is 43.4 Å². The molecule has 3 aromatic rings. The number of Topliss-reactive ketones (excluding diaryl/α,β-unsaturated/α-hetero) is 2. The summed E-state index contributed by atoms with van der Waals surface area (Å²) in [6, 6.07) is 9.88. The number of allylic oxidation sites excluding steroid dienone is 1. The average Bonchev–Trinajstić information content (AvgIpc) is 3.05. The van der Waals surface area contributed by atoms with E-state index in [1.165, 1.54) is 0 Å². The number of ketones is 2. The predicted molar refractivity (Wildman–Crippen MR) is 125 cm³/mol. The van der Waals surface area contributed by atoms with E-state index in [0.717, 1.165) is 46.0 Å². The fraction of sp³-hybridized carbons (Fsp3) is 0.333. The number of rotatable bonds is 4. The summed E-state index contributed by atoms with van der Waals surface area (Å²) in [5, 5.41) is 13.2. The Balaban J connectivity index is 0.00000231. The van der Waals surface area contributed by atoms with Crippen molar-refractivity contribution in [1.82, 2.24) is 14.4 Å². The smallest absolute Gasteiger partial charge is 0.174 e. The second-order valence-corrected chi connectivity index (χ2v) is 8.56.